The van der Waals surface area contributed by atoms with E-state index in [1.165, 1.54) is 18.3 Å². The van der Waals surface area contributed by atoms with Gasteiger partial charge in [0.05, 0.1) is 15.6 Å². The fourth-order valence-corrected chi connectivity index (χ4v) is 1.82. The quantitative estimate of drug-likeness (QED) is 0.863. The molecule has 18 heavy (non-hydrogen) atoms. The summed E-state index contributed by atoms with van der Waals surface area (Å²) in [5, 5.41) is 8.81. The predicted octanol–water partition coefficient (Wildman–Crippen LogP) is 3.49. The highest BCUT2D eigenvalue weighted by Crippen LogP contribution is 2.30. The van der Waals surface area contributed by atoms with E-state index in [1.54, 1.807) is 0 Å². The molecule has 1 aromatic heterocycles. The van der Waals surface area contributed by atoms with Crippen LogP contribution in [0.3, 0.4) is 0 Å². The van der Waals surface area contributed by atoms with Crippen LogP contribution in [0.25, 0.3) is 11.1 Å². The number of hydrogen-bond acceptors (Lipinski definition) is 2. The summed E-state index contributed by atoms with van der Waals surface area (Å²) in [7, 11) is 0. The van der Waals surface area contributed by atoms with Gasteiger partial charge in [-0.3, -0.25) is 4.98 Å². The first-order valence-corrected chi connectivity index (χ1v) is 5.62. The zero-order valence-electron chi connectivity index (χ0n) is 8.82. The zero-order chi connectivity index (χ0) is 13.3. The fraction of sp³-hybridized carbons (Fsp3) is 0. The lowest BCUT2D eigenvalue weighted by atomic mass is 10.0. The number of benzene rings is 1. The zero-order valence-corrected chi connectivity index (χ0v) is 10.4. The maximum absolute atomic E-state index is 13.8. The van der Waals surface area contributed by atoms with Gasteiger partial charge in [0, 0.05) is 18.0 Å². The lowest BCUT2D eigenvalue weighted by Crippen LogP contribution is -1.99. The number of hydrogen-bond donors (Lipinski definition) is 1. The molecule has 0 bridgehead atoms. The van der Waals surface area contributed by atoms with Crippen molar-refractivity contribution in [2.75, 3.05) is 0 Å². The third kappa shape index (κ3) is 2.24. The molecular weight excluding hydrogens is 308 g/mol. The molecule has 2 aromatic rings. The molecule has 0 aliphatic carbocycles. The highest BCUT2D eigenvalue weighted by Gasteiger charge is 2.16. The van der Waals surface area contributed by atoms with Crippen molar-refractivity contribution in [3.63, 3.8) is 0 Å². The summed E-state index contributed by atoms with van der Waals surface area (Å²) < 4.78 is 27.5. The monoisotopic (exact) mass is 313 g/mol. The molecule has 6 heteroatoms. The van der Waals surface area contributed by atoms with Crippen LogP contribution in [0.2, 0.25) is 0 Å². The molecular formula is C12H6BrF2NO2. The van der Waals surface area contributed by atoms with Crippen LogP contribution in [0.15, 0.2) is 35.1 Å². The summed E-state index contributed by atoms with van der Waals surface area (Å²) in [6, 6.07) is 3.50. The Kier molecular flexibility index (Phi) is 3.38. The second-order valence-electron chi connectivity index (χ2n) is 3.49. The molecule has 92 valence electrons. The van der Waals surface area contributed by atoms with E-state index >= 15 is 0 Å². The molecule has 0 radical (unpaired) electrons. The summed E-state index contributed by atoms with van der Waals surface area (Å²) in [6.07, 6.45) is 2.32. The summed E-state index contributed by atoms with van der Waals surface area (Å²) in [6.45, 7) is 0. The maximum Gasteiger partial charge on any atom is 0.337 e. The van der Waals surface area contributed by atoms with E-state index in [0.29, 0.717) is 0 Å². The molecule has 0 saturated carbocycles. The number of carboxylic acids is 1. The number of halogens is 3. The Hall–Kier alpha value is -1.82. The van der Waals surface area contributed by atoms with Gasteiger partial charge in [0.1, 0.15) is 11.6 Å². The smallest absolute Gasteiger partial charge is 0.337 e. The summed E-state index contributed by atoms with van der Waals surface area (Å²) in [5.41, 5.74) is -0.363. The van der Waals surface area contributed by atoms with Gasteiger partial charge in [-0.25, -0.2) is 13.6 Å². The number of rotatable bonds is 2. The fourth-order valence-electron chi connectivity index (χ4n) is 1.49. The molecule has 2 rings (SSSR count). The summed E-state index contributed by atoms with van der Waals surface area (Å²) in [5.74, 6) is -2.78. The molecule has 0 atom stereocenters. The van der Waals surface area contributed by atoms with Gasteiger partial charge in [0.25, 0.3) is 0 Å². The lowest BCUT2D eigenvalue weighted by Gasteiger charge is -2.07. The van der Waals surface area contributed by atoms with Crippen molar-refractivity contribution in [3.05, 3.63) is 52.3 Å². The van der Waals surface area contributed by atoms with E-state index in [1.807, 2.05) is 0 Å². The Morgan fingerprint density at radius 2 is 2.00 bits per heavy atom. The van der Waals surface area contributed by atoms with Crippen LogP contribution in [0, 0.1) is 11.6 Å². The second-order valence-corrected chi connectivity index (χ2v) is 4.34. The average molecular weight is 314 g/mol. The topological polar surface area (TPSA) is 50.2 Å². The molecule has 0 spiro atoms. The molecule has 0 aliphatic heterocycles. The highest BCUT2D eigenvalue weighted by molar-refractivity contribution is 9.10. The SMILES string of the molecule is O=C(O)c1cncc(-c2c(F)ccc(Br)c2F)c1. The van der Waals surface area contributed by atoms with Crippen LogP contribution in [-0.2, 0) is 0 Å². The minimum absolute atomic E-state index is 0.0752. The van der Waals surface area contributed by atoms with Gasteiger partial charge in [0.2, 0.25) is 0 Å². The minimum Gasteiger partial charge on any atom is -0.478 e. The number of aromatic nitrogens is 1. The Bertz CT molecular complexity index is 631. The van der Waals surface area contributed by atoms with Crippen molar-refractivity contribution in [2.24, 2.45) is 0 Å². The van der Waals surface area contributed by atoms with Crippen LogP contribution in [-0.4, -0.2) is 16.1 Å². The normalized spacial score (nSPS) is 10.4. The van der Waals surface area contributed by atoms with E-state index in [-0.39, 0.29) is 21.2 Å². The number of carboxylic acid groups (broad SMARTS) is 1. The van der Waals surface area contributed by atoms with E-state index in [2.05, 4.69) is 20.9 Å². The van der Waals surface area contributed by atoms with Gasteiger partial charge in [-0.15, -0.1) is 0 Å². The summed E-state index contributed by atoms with van der Waals surface area (Å²) in [4.78, 5) is 14.4. The Morgan fingerprint density at radius 1 is 1.28 bits per heavy atom. The van der Waals surface area contributed by atoms with E-state index in [4.69, 9.17) is 5.11 Å². The van der Waals surface area contributed by atoms with Gasteiger partial charge >= 0.3 is 5.97 Å². The Labute approximate surface area is 109 Å². The van der Waals surface area contributed by atoms with Crippen molar-refractivity contribution in [3.8, 4) is 11.1 Å². The second kappa shape index (κ2) is 4.81. The van der Waals surface area contributed by atoms with Crippen LogP contribution < -0.4 is 0 Å². The molecule has 0 saturated heterocycles. The van der Waals surface area contributed by atoms with Crippen molar-refractivity contribution < 1.29 is 18.7 Å². The summed E-state index contributed by atoms with van der Waals surface area (Å²) >= 11 is 2.95. The molecule has 1 heterocycles. The van der Waals surface area contributed by atoms with Crippen LogP contribution >= 0.6 is 15.9 Å². The molecule has 1 N–H and O–H groups in total. The Morgan fingerprint density at radius 3 is 2.67 bits per heavy atom. The largest absolute Gasteiger partial charge is 0.478 e. The minimum atomic E-state index is -1.21. The number of carbonyl (C=O) groups is 1. The van der Waals surface area contributed by atoms with Crippen molar-refractivity contribution in [1.82, 2.24) is 4.98 Å². The Balaban J connectivity index is 2.65. The van der Waals surface area contributed by atoms with Crippen molar-refractivity contribution >= 4 is 21.9 Å². The van der Waals surface area contributed by atoms with Gasteiger partial charge in [0.15, 0.2) is 0 Å². The van der Waals surface area contributed by atoms with E-state index in [0.717, 1.165) is 12.3 Å². The van der Waals surface area contributed by atoms with Crippen LogP contribution in [0.4, 0.5) is 8.78 Å². The number of aromatic carboxylic acids is 1. The van der Waals surface area contributed by atoms with Crippen LogP contribution in [0.1, 0.15) is 10.4 Å². The number of nitrogens with zero attached hydrogens (tertiary/aromatic N) is 1. The van der Waals surface area contributed by atoms with E-state index in [9.17, 15) is 13.6 Å². The average Bonchev–Trinajstić information content (AvgIpc) is 2.35. The van der Waals surface area contributed by atoms with Crippen LogP contribution in [0.5, 0.6) is 0 Å². The van der Waals surface area contributed by atoms with Gasteiger partial charge in [-0.2, -0.15) is 0 Å². The highest BCUT2D eigenvalue weighted by atomic mass is 79.9. The molecule has 1 aromatic carbocycles. The number of pyridine rings is 1. The van der Waals surface area contributed by atoms with Gasteiger partial charge < -0.3 is 5.11 Å². The molecule has 3 nitrogen and oxygen atoms in total. The molecule has 0 unspecified atom stereocenters. The first-order chi connectivity index (χ1) is 8.50. The molecule has 0 amide bonds. The van der Waals surface area contributed by atoms with Crippen molar-refractivity contribution in [2.45, 2.75) is 0 Å². The first-order valence-electron chi connectivity index (χ1n) is 4.83. The molecule has 0 fully saturated rings. The van der Waals surface area contributed by atoms with Gasteiger partial charge in [-0.1, -0.05) is 0 Å². The third-order valence-corrected chi connectivity index (χ3v) is 2.93. The van der Waals surface area contributed by atoms with Crippen molar-refractivity contribution in [1.29, 1.82) is 0 Å². The standard InChI is InChI=1S/C12H6BrF2NO2/c13-8-1-2-9(14)10(11(8)15)6-3-7(12(17)18)5-16-4-6/h1-5H,(H,17,18). The van der Waals surface area contributed by atoms with E-state index < -0.39 is 17.6 Å². The first kappa shape index (κ1) is 12.6. The molecule has 0 aliphatic rings. The van der Waals surface area contributed by atoms with Gasteiger partial charge in [-0.05, 0) is 34.1 Å². The lowest BCUT2D eigenvalue weighted by molar-refractivity contribution is 0.0696. The predicted molar refractivity (Wildman–Crippen MR) is 64.2 cm³/mol. The maximum atomic E-state index is 13.8. The third-order valence-electron chi connectivity index (χ3n) is 2.32.